The molecule has 0 amide bonds. The van der Waals surface area contributed by atoms with Crippen LogP contribution >= 0.6 is 0 Å². The predicted octanol–water partition coefficient (Wildman–Crippen LogP) is 2.52. The number of ether oxygens (including phenoxy) is 2. The normalized spacial score (nSPS) is 21.8. The van der Waals surface area contributed by atoms with E-state index in [2.05, 4.69) is 22.0 Å². The van der Waals surface area contributed by atoms with E-state index in [4.69, 9.17) is 9.47 Å². The Hall–Kier alpha value is -2.34. The van der Waals surface area contributed by atoms with E-state index >= 15 is 0 Å². The van der Waals surface area contributed by atoms with E-state index in [1.54, 1.807) is 0 Å². The van der Waals surface area contributed by atoms with E-state index in [9.17, 15) is 9.59 Å². The standard InChI is InChI=1S/C20H22N2O4/c23-18-16(9-15-8-13-2-1-3-14(13)10-17(15)21-18)11-22-6-4-20(5-7-22)12-25-19(24)26-20/h8-10H,1-7,11-12H2,(H,21,23). The van der Waals surface area contributed by atoms with Crippen LogP contribution in [-0.4, -0.2) is 41.3 Å². The summed E-state index contributed by atoms with van der Waals surface area (Å²) >= 11 is 0. The quantitative estimate of drug-likeness (QED) is 0.839. The number of fused-ring (bicyclic) bond motifs is 2. The van der Waals surface area contributed by atoms with Crippen LogP contribution in [0.2, 0.25) is 0 Å². The van der Waals surface area contributed by atoms with Crippen molar-refractivity contribution in [2.45, 2.75) is 44.2 Å². The number of cyclic esters (lactones) is 1. The summed E-state index contributed by atoms with van der Waals surface area (Å²) in [5.74, 6) is 0. The SMILES string of the molecule is O=C1OCC2(CCN(Cc3cc4cc5c(cc4[nH]c3=O)CCC5)CC2)O1. The Balaban J connectivity index is 1.35. The van der Waals surface area contributed by atoms with Crippen LogP contribution in [0, 0.1) is 0 Å². The van der Waals surface area contributed by atoms with Gasteiger partial charge < -0.3 is 14.5 Å². The van der Waals surface area contributed by atoms with E-state index < -0.39 is 11.8 Å². The number of aromatic amines is 1. The molecular formula is C20H22N2O4. The van der Waals surface area contributed by atoms with Crippen LogP contribution in [0.3, 0.4) is 0 Å². The first-order chi connectivity index (χ1) is 12.6. The highest BCUT2D eigenvalue weighted by atomic mass is 16.8. The molecule has 1 spiro atoms. The third-order valence-corrected chi connectivity index (χ3v) is 6.05. The molecule has 0 atom stereocenters. The van der Waals surface area contributed by atoms with E-state index in [0.717, 1.165) is 55.2 Å². The van der Waals surface area contributed by atoms with E-state index in [1.807, 2.05) is 6.07 Å². The Kier molecular flexibility index (Phi) is 3.57. The van der Waals surface area contributed by atoms with E-state index in [1.165, 1.54) is 17.5 Å². The molecular weight excluding hydrogens is 332 g/mol. The minimum absolute atomic E-state index is 0.00800. The van der Waals surface area contributed by atoms with Crippen LogP contribution in [0.4, 0.5) is 4.79 Å². The van der Waals surface area contributed by atoms with Gasteiger partial charge in [0.05, 0.1) is 0 Å². The highest BCUT2D eigenvalue weighted by Gasteiger charge is 2.44. The largest absolute Gasteiger partial charge is 0.509 e. The fourth-order valence-electron chi connectivity index (χ4n) is 4.48. The van der Waals surface area contributed by atoms with Gasteiger partial charge in [0.2, 0.25) is 0 Å². The van der Waals surface area contributed by atoms with Gasteiger partial charge in [-0.25, -0.2) is 4.79 Å². The predicted molar refractivity (Wildman–Crippen MR) is 96.3 cm³/mol. The van der Waals surface area contributed by atoms with Crippen LogP contribution in [0.5, 0.6) is 0 Å². The molecule has 0 bridgehead atoms. The van der Waals surface area contributed by atoms with Crippen molar-refractivity contribution < 1.29 is 14.3 Å². The fraction of sp³-hybridized carbons (Fsp3) is 0.500. The first kappa shape index (κ1) is 15.9. The average molecular weight is 354 g/mol. The summed E-state index contributed by atoms with van der Waals surface area (Å²) in [5.41, 5.74) is 4.06. The van der Waals surface area contributed by atoms with Gasteiger partial charge in [0.15, 0.2) is 5.60 Å². The van der Waals surface area contributed by atoms with Crippen molar-refractivity contribution in [3.8, 4) is 0 Å². The van der Waals surface area contributed by atoms with Crippen LogP contribution in [0.15, 0.2) is 23.0 Å². The van der Waals surface area contributed by atoms with Crippen LogP contribution in [-0.2, 0) is 28.9 Å². The molecule has 6 nitrogen and oxygen atoms in total. The van der Waals surface area contributed by atoms with E-state index in [-0.39, 0.29) is 5.56 Å². The Morgan fingerprint density at radius 3 is 2.58 bits per heavy atom. The number of likely N-dealkylation sites (tertiary alicyclic amines) is 1. The molecule has 5 rings (SSSR count). The highest BCUT2D eigenvalue weighted by Crippen LogP contribution is 2.32. The molecule has 1 aromatic heterocycles. The first-order valence-electron chi connectivity index (χ1n) is 9.36. The molecule has 0 unspecified atom stereocenters. The van der Waals surface area contributed by atoms with Crippen molar-refractivity contribution in [1.29, 1.82) is 0 Å². The summed E-state index contributed by atoms with van der Waals surface area (Å²) in [6.07, 6.45) is 4.38. The molecule has 136 valence electrons. The molecule has 3 aliphatic rings. The molecule has 1 N–H and O–H groups in total. The van der Waals surface area contributed by atoms with Crippen molar-refractivity contribution in [2.24, 2.45) is 0 Å². The van der Waals surface area contributed by atoms with Gasteiger partial charge >= 0.3 is 6.16 Å². The Morgan fingerprint density at radius 1 is 1.08 bits per heavy atom. The second-order valence-electron chi connectivity index (χ2n) is 7.79. The number of H-pyrrole nitrogens is 1. The molecule has 6 heteroatoms. The van der Waals surface area contributed by atoms with Gasteiger partial charge in [-0.15, -0.1) is 0 Å². The van der Waals surface area contributed by atoms with Gasteiger partial charge in [-0.2, -0.15) is 0 Å². The lowest BCUT2D eigenvalue weighted by atomic mass is 9.92. The number of aromatic nitrogens is 1. The van der Waals surface area contributed by atoms with Crippen LogP contribution in [0.1, 0.15) is 36.0 Å². The van der Waals surface area contributed by atoms with Crippen LogP contribution < -0.4 is 5.56 Å². The lowest BCUT2D eigenvalue weighted by Gasteiger charge is -2.36. The van der Waals surface area contributed by atoms with Gasteiger partial charge in [-0.05, 0) is 54.0 Å². The molecule has 26 heavy (non-hydrogen) atoms. The number of carbonyl (C=O) groups is 1. The second kappa shape index (κ2) is 5.84. The molecule has 0 radical (unpaired) electrons. The number of hydrogen-bond donors (Lipinski definition) is 1. The van der Waals surface area contributed by atoms with Crippen molar-refractivity contribution in [1.82, 2.24) is 9.88 Å². The second-order valence-corrected chi connectivity index (χ2v) is 7.79. The summed E-state index contributed by atoms with van der Waals surface area (Å²) in [6, 6.07) is 6.41. The van der Waals surface area contributed by atoms with Crippen molar-refractivity contribution in [2.75, 3.05) is 19.7 Å². The number of carbonyl (C=O) groups excluding carboxylic acids is 1. The van der Waals surface area contributed by atoms with Gasteiger partial charge in [0.25, 0.3) is 5.56 Å². The fourth-order valence-corrected chi connectivity index (χ4v) is 4.48. The summed E-state index contributed by atoms with van der Waals surface area (Å²) < 4.78 is 10.3. The Morgan fingerprint density at radius 2 is 1.85 bits per heavy atom. The number of nitrogens with zero attached hydrogens (tertiary/aromatic N) is 1. The minimum Gasteiger partial charge on any atom is -0.430 e. The number of nitrogens with one attached hydrogen (secondary N) is 1. The molecule has 1 aliphatic carbocycles. The minimum atomic E-state index is -0.558. The molecule has 2 aromatic rings. The lowest BCUT2D eigenvalue weighted by Crippen LogP contribution is -2.46. The lowest BCUT2D eigenvalue weighted by molar-refractivity contribution is -0.00170. The van der Waals surface area contributed by atoms with Crippen LogP contribution in [0.25, 0.3) is 10.9 Å². The maximum absolute atomic E-state index is 12.5. The zero-order chi connectivity index (χ0) is 17.7. The van der Waals surface area contributed by atoms with Gasteiger partial charge in [-0.3, -0.25) is 9.69 Å². The van der Waals surface area contributed by atoms with Crippen molar-refractivity contribution in [3.63, 3.8) is 0 Å². The molecule has 2 saturated heterocycles. The monoisotopic (exact) mass is 354 g/mol. The highest BCUT2D eigenvalue weighted by molar-refractivity contribution is 5.81. The molecule has 2 fully saturated rings. The number of pyridine rings is 1. The Bertz CT molecular complexity index is 941. The molecule has 2 aliphatic heterocycles. The first-order valence-corrected chi connectivity index (χ1v) is 9.36. The van der Waals surface area contributed by atoms with Gasteiger partial charge in [0, 0.05) is 43.6 Å². The number of benzene rings is 1. The molecule has 0 saturated carbocycles. The summed E-state index contributed by atoms with van der Waals surface area (Å²) in [5, 5.41) is 1.12. The van der Waals surface area contributed by atoms with Gasteiger partial charge in [0.1, 0.15) is 6.61 Å². The van der Waals surface area contributed by atoms with Crippen molar-refractivity contribution in [3.05, 3.63) is 45.2 Å². The number of rotatable bonds is 2. The molecule has 3 heterocycles. The third-order valence-electron chi connectivity index (χ3n) is 6.05. The number of aryl methyl sites for hydroxylation is 2. The topological polar surface area (TPSA) is 71.6 Å². The van der Waals surface area contributed by atoms with Gasteiger partial charge in [-0.1, -0.05) is 0 Å². The van der Waals surface area contributed by atoms with E-state index in [0.29, 0.717) is 13.2 Å². The summed E-state index contributed by atoms with van der Waals surface area (Å²) in [7, 11) is 0. The number of piperidine rings is 1. The average Bonchev–Trinajstić information content (AvgIpc) is 3.22. The Labute approximate surface area is 151 Å². The third kappa shape index (κ3) is 2.69. The smallest absolute Gasteiger partial charge is 0.430 e. The number of hydrogen-bond acceptors (Lipinski definition) is 5. The molecule has 1 aromatic carbocycles. The maximum atomic E-state index is 12.5. The zero-order valence-electron chi connectivity index (χ0n) is 14.7. The zero-order valence-corrected chi connectivity index (χ0v) is 14.7. The summed E-state index contributed by atoms with van der Waals surface area (Å²) in [4.78, 5) is 29.1. The maximum Gasteiger partial charge on any atom is 0.509 e. The van der Waals surface area contributed by atoms with Crippen molar-refractivity contribution >= 4 is 17.1 Å². The summed E-state index contributed by atoms with van der Waals surface area (Å²) in [6.45, 7) is 2.55.